The van der Waals surface area contributed by atoms with E-state index >= 15 is 0 Å². The molecular formula is C10H12F3O5P. The highest BCUT2D eigenvalue weighted by atomic mass is 31.2. The van der Waals surface area contributed by atoms with Crippen molar-refractivity contribution >= 4 is 7.60 Å². The number of hydrogen-bond donors (Lipinski definition) is 1. The normalized spacial score (nSPS) is 14.2. The Bertz CT molecular complexity index is 451. The number of hydrogen-bond acceptors (Lipinski definition) is 5. The molecule has 0 aromatic heterocycles. The van der Waals surface area contributed by atoms with E-state index in [-0.39, 0.29) is 5.56 Å². The summed E-state index contributed by atoms with van der Waals surface area (Å²) in [6.45, 7) is 0. The number of benzene rings is 1. The van der Waals surface area contributed by atoms with E-state index in [1.807, 2.05) is 0 Å². The number of ether oxygens (including phenoxy) is 1. The molecule has 0 saturated heterocycles. The fourth-order valence-corrected chi connectivity index (χ4v) is 2.38. The lowest BCUT2D eigenvalue weighted by Gasteiger charge is -2.20. The first-order valence-corrected chi connectivity index (χ1v) is 6.58. The van der Waals surface area contributed by atoms with Gasteiger partial charge in [-0.1, -0.05) is 12.1 Å². The quantitative estimate of drug-likeness (QED) is 0.847. The van der Waals surface area contributed by atoms with Crippen LogP contribution < -0.4 is 4.74 Å². The molecule has 108 valence electrons. The Morgan fingerprint density at radius 3 is 2.00 bits per heavy atom. The number of aliphatic hydroxyl groups excluding tert-OH is 1. The molecule has 19 heavy (non-hydrogen) atoms. The first-order chi connectivity index (χ1) is 8.72. The van der Waals surface area contributed by atoms with Crippen molar-refractivity contribution in [2.75, 3.05) is 14.2 Å². The first kappa shape index (κ1) is 16.0. The Balaban J connectivity index is 2.90. The van der Waals surface area contributed by atoms with Crippen molar-refractivity contribution in [2.24, 2.45) is 0 Å². The first-order valence-electron chi connectivity index (χ1n) is 4.97. The van der Waals surface area contributed by atoms with Gasteiger partial charge in [0.15, 0.2) is 5.85 Å². The van der Waals surface area contributed by atoms with E-state index < -0.39 is 25.6 Å². The molecule has 0 spiro atoms. The minimum absolute atomic E-state index is 0.0848. The summed E-state index contributed by atoms with van der Waals surface area (Å²) in [5, 5.41) is 9.79. The summed E-state index contributed by atoms with van der Waals surface area (Å²) in [5.41, 5.74) is 0.0848. The summed E-state index contributed by atoms with van der Waals surface area (Å²) in [4.78, 5) is 0. The Kier molecular flexibility index (Phi) is 4.98. The molecule has 1 atom stereocenters. The van der Waals surface area contributed by atoms with Gasteiger partial charge < -0.3 is 18.9 Å². The van der Waals surface area contributed by atoms with Gasteiger partial charge in [0.25, 0.3) is 0 Å². The minimum Gasteiger partial charge on any atom is -0.406 e. The topological polar surface area (TPSA) is 65.0 Å². The largest absolute Gasteiger partial charge is 0.573 e. The SMILES string of the molecule is COP(=O)(OC)C(O)c1ccc(OC(F)(F)F)cc1. The lowest BCUT2D eigenvalue weighted by molar-refractivity contribution is -0.274. The molecule has 1 unspecified atom stereocenters. The van der Waals surface area contributed by atoms with Gasteiger partial charge >= 0.3 is 14.0 Å². The molecule has 1 aromatic carbocycles. The van der Waals surface area contributed by atoms with Crippen LogP contribution >= 0.6 is 7.60 Å². The van der Waals surface area contributed by atoms with Crippen LogP contribution in [0.3, 0.4) is 0 Å². The average molecular weight is 300 g/mol. The molecule has 1 aromatic rings. The standard InChI is InChI=1S/C10H12F3O5P/c1-16-19(15,17-2)9(14)7-3-5-8(6-4-7)18-10(11,12)13/h3-6,9,14H,1-2H3. The van der Waals surface area contributed by atoms with Crippen LogP contribution in [0.15, 0.2) is 24.3 Å². The van der Waals surface area contributed by atoms with Gasteiger partial charge in [-0.25, -0.2) is 0 Å². The van der Waals surface area contributed by atoms with Gasteiger partial charge in [0.2, 0.25) is 0 Å². The van der Waals surface area contributed by atoms with Crippen molar-refractivity contribution in [2.45, 2.75) is 12.2 Å². The van der Waals surface area contributed by atoms with Crippen LogP contribution in [0.2, 0.25) is 0 Å². The maximum Gasteiger partial charge on any atom is 0.573 e. The zero-order chi connectivity index (χ0) is 14.7. The molecule has 9 heteroatoms. The molecule has 5 nitrogen and oxygen atoms in total. The molecule has 0 radical (unpaired) electrons. The van der Waals surface area contributed by atoms with Crippen molar-refractivity contribution in [3.05, 3.63) is 29.8 Å². The fourth-order valence-electron chi connectivity index (χ4n) is 1.30. The molecule has 0 heterocycles. The van der Waals surface area contributed by atoms with Crippen LogP contribution in [0, 0.1) is 0 Å². The third-order valence-electron chi connectivity index (χ3n) is 2.22. The monoisotopic (exact) mass is 300 g/mol. The van der Waals surface area contributed by atoms with Crippen molar-refractivity contribution in [3.8, 4) is 5.75 Å². The van der Waals surface area contributed by atoms with Crippen LogP contribution in [-0.2, 0) is 13.6 Å². The van der Waals surface area contributed by atoms with E-state index in [0.717, 1.165) is 38.5 Å². The second-order valence-corrected chi connectivity index (χ2v) is 5.69. The Morgan fingerprint density at radius 2 is 1.63 bits per heavy atom. The lowest BCUT2D eigenvalue weighted by atomic mass is 10.2. The molecule has 0 bridgehead atoms. The highest BCUT2D eigenvalue weighted by Gasteiger charge is 2.34. The minimum atomic E-state index is -4.80. The highest BCUT2D eigenvalue weighted by Crippen LogP contribution is 2.58. The summed E-state index contributed by atoms with van der Waals surface area (Å²) in [6.07, 6.45) is -4.80. The maximum atomic E-state index is 11.9. The van der Waals surface area contributed by atoms with E-state index in [2.05, 4.69) is 13.8 Å². The zero-order valence-corrected chi connectivity index (χ0v) is 10.9. The summed E-state index contributed by atoms with van der Waals surface area (Å²) >= 11 is 0. The lowest BCUT2D eigenvalue weighted by Crippen LogP contribution is -2.17. The molecule has 1 rings (SSSR count). The van der Waals surface area contributed by atoms with E-state index in [1.54, 1.807) is 0 Å². The molecule has 0 aliphatic carbocycles. The van der Waals surface area contributed by atoms with Crippen LogP contribution in [0.25, 0.3) is 0 Å². The number of halogens is 3. The van der Waals surface area contributed by atoms with Crippen LogP contribution in [0.5, 0.6) is 5.75 Å². The van der Waals surface area contributed by atoms with Gasteiger partial charge in [0, 0.05) is 14.2 Å². The molecular weight excluding hydrogens is 288 g/mol. The Morgan fingerprint density at radius 1 is 1.16 bits per heavy atom. The molecule has 1 N–H and O–H groups in total. The van der Waals surface area contributed by atoms with Crippen molar-refractivity contribution in [1.29, 1.82) is 0 Å². The predicted molar refractivity (Wildman–Crippen MR) is 59.7 cm³/mol. The third kappa shape index (κ3) is 4.21. The second-order valence-electron chi connectivity index (χ2n) is 3.40. The fraction of sp³-hybridized carbons (Fsp3) is 0.400. The van der Waals surface area contributed by atoms with E-state index in [1.165, 1.54) is 0 Å². The Labute approximate surface area is 107 Å². The summed E-state index contributed by atoms with van der Waals surface area (Å²) in [6, 6.07) is 4.25. The summed E-state index contributed by atoms with van der Waals surface area (Å²) in [7, 11) is -1.57. The molecule has 0 fully saturated rings. The predicted octanol–water partition coefficient (Wildman–Crippen LogP) is 3.06. The number of rotatable bonds is 5. The molecule has 0 amide bonds. The van der Waals surface area contributed by atoms with E-state index in [4.69, 9.17) is 0 Å². The van der Waals surface area contributed by atoms with Crippen LogP contribution in [0.4, 0.5) is 13.2 Å². The average Bonchev–Trinajstić information content (AvgIpc) is 2.36. The van der Waals surface area contributed by atoms with Crippen LogP contribution in [0.1, 0.15) is 11.4 Å². The smallest absolute Gasteiger partial charge is 0.406 e. The van der Waals surface area contributed by atoms with Crippen LogP contribution in [-0.4, -0.2) is 25.7 Å². The zero-order valence-electron chi connectivity index (χ0n) is 10.0. The van der Waals surface area contributed by atoms with Gasteiger partial charge in [-0.2, -0.15) is 0 Å². The number of alkyl halides is 3. The van der Waals surface area contributed by atoms with Crippen molar-refractivity contribution in [3.63, 3.8) is 0 Å². The maximum absolute atomic E-state index is 11.9. The second kappa shape index (κ2) is 5.92. The molecule has 0 aliphatic rings. The van der Waals surface area contributed by atoms with Gasteiger partial charge in [0.1, 0.15) is 5.75 Å². The molecule has 0 saturated carbocycles. The third-order valence-corrected chi connectivity index (χ3v) is 4.14. The Hall–Kier alpha value is -1.08. The van der Waals surface area contributed by atoms with E-state index in [0.29, 0.717) is 0 Å². The highest BCUT2D eigenvalue weighted by molar-refractivity contribution is 7.53. The number of aliphatic hydroxyl groups is 1. The van der Waals surface area contributed by atoms with E-state index in [9.17, 15) is 22.8 Å². The summed E-state index contributed by atoms with van der Waals surface area (Å²) in [5.74, 6) is -2.05. The van der Waals surface area contributed by atoms with Gasteiger partial charge in [-0.15, -0.1) is 13.2 Å². The summed E-state index contributed by atoms with van der Waals surface area (Å²) < 4.78 is 60.5. The van der Waals surface area contributed by atoms with Crippen molar-refractivity contribution in [1.82, 2.24) is 0 Å². The molecule has 0 aliphatic heterocycles. The van der Waals surface area contributed by atoms with Gasteiger partial charge in [-0.05, 0) is 17.7 Å². The van der Waals surface area contributed by atoms with Crippen molar-refractivity contribution < 1.29 is 36.6 Å². The van der Waals surface area contributed by atoms with Gasteiger partial charge in [-0.3, -0.25) is 4.57 Å². The van der Waals surface area contributed by atoms with Gasteiger partial charge in [0.05, 0.1) is 0 Å².